The molecule has 2 amide bonds. The average Bonchev–Trinajstić information content (AvgIpc) is 3.29. The van der Waals surface area contributed by atoms with Gasteiger partial charge in [-0.3, -0.25) is 9.59 Å². The maximum absolute atomic E-state index is 11.6. The lowest BCUT2D eigenvalue weighted by atomic mass is 10.2. The predicted octanol–water partition coefficient (Wildman–Crippen LogP) is 0.309. The van der Waals surface area contributed by atoms with Gasteiger partial charge in [0.2, 0.25) is 5.91 Å². The highest BCUT2D eigenvalue weighted by Crippen LogP contribution is 2.18. The second kappa shape index (κ2) is 7.64. The van der Waals surface area contributed by atoms with E-state index in [4.69, 9.17) is 10.5 Å². The Labute approximate surface area is 124 Å². The molecule has 1 saturated carbocycles. The molecule has 1 aromatic rings. The smallest absolute Gasteiger partial charge is 0.257 e. The number of hydrogen-bond acceptors (Lipinski definition) is 4. The summed E-state index contributed by atoms with van der Waals surface area (Å²) >= 11 is 0. The van der Waals surface area contributed by atoms with Crippen molar-refractivity contribution < 1.29 is 14.3 Å². The fraction of sp³-hybridized carbons (Fsp3) is 0.467. The standard InChI is InChI=1S/C15H21N3O3/c16-9-11-3-1-2-4-13(11)21-10-15(20)17-8-7-14(19)18-12-5-6-12/h1-4,12H,5-10,16H2,(H,17,20)(H,18,19). The molecule has 0 aromatic heterocycles. The van der Waals surface area contributed by atoms with Crippen LogP contribution in [0, 0.1) is 0 Å². The number of carbonyl (C=O) groups is 2. The van der Waals surface area contributed by atoms with Crippen LogP contribution in [-0.2, 0) is 16.1 Å². The van der Waals surface area contributed by atoms with Gasteiger partial charge in [-0.05, 0) is 18.9 Å². The molecule has 0 bridgehead atoms. The second-order valence-corrected chi connectivity index (χ2v) is 5.04. The molecule has 0 spiro atoms. The summed E-state index contributed by atoms with van der Waals surface area (Å²) in [6, 6.07) is 7.68. The van der Waals surface area contributed by atoms with E-state index in [1.54, 1.807) is 6.07 Å². The zero-order chi connectivity index (χ0) is 15.1. The summed E-state index contributed by atoms with van der Waals surface area (Å²) in [5.74, 6) is 0.342. The summed E-state index contributed by atoms with van der Waals surface area (Å²) < 4.78 is 5.43. The maximum atomic E-state index is 11.6. The Kier molecular flexibility index (Phi) is 5.57. The van der Waals surface area contributed by atoms with Crippen molar-refractivity contribution in [3.63, 3.8) is 0 Å². The van der Waals surface area contributed by atoms with Crippen molar-refractivity contribution in [2.75, 3.05) is 13.2 Å². The molecule has 114 valence electrons. The van der Waals surface area contributed by atoms with Gasteiger partial charge in [-0.1, -0.05) is 18.2 Å². The lowest BCUT2D eigenvalue weighted by molar-refractivity contribution is -0.123. The SMILES string of the molecule is NCc1ccccc1OCC(=O)NCCC(=O)NC1CC1. The number of carbonyl (C=O) groups excluding carboxylic acids is 2. The minimum atomic E-state index is -0.249. The largest absolute Gasteiger partial charge is 0.483 e. The first kappa shape index (κ1) is 15.3. The van der Waals surface area contributed by atoms with Gasteiger partial charge in [-0.2, -0.15) is 0 Å². The molecule has 0 saturated heterocycles. The molecule has 0 unspecified atom stereocenters. The number of amides is 2. The first-order valence-corrected chi connectivity index (χ1v) is 7.16. The van der Waals surface area contributed by atoms with Crippen molar-refractivity contribution in [1.29, 1.82) is 0 Å². The number of nitrogens with one attached hydrogen (secondary N) is 2. The summed E-state index contributed by atoms with van der Waals surface area (Å²) in [4.78, 5) is 23.1. The van der Waals surface area contributed by atoms with Crippen LogP contribution in [-0.4, -0.2) is 31.0 Å². The van der Waals surface area contributed by atoms with E-state index in [1.807, 2.05) is 18.2 Å². The van der Waals surface area contributed by atoms with Crippen LogP contribution < -0.4 is 21.1 Å². The first-order valence-electron chi connectivity index (χ1n) is 7.16. The summed E-state index contributed by atoms with van der Waals surface area (Å²) in [5, 5.41) is 5.52. The molecular formula is C15H21N3O3. The lowest BCUT2D eigenvalue weighted by Gasteiger charge is -2.10. The number of rotatable bonds is 8. The number of nitrogens with two attached hydrogens (primary N) is 1. The van der Waals surface area contributed by atoms with Gasteiger partial charge < -0.3 is 21.1 Å². The number of hydrogen-bond donors (Lipinski definition) is 3. The summed E-state index contributed by atoms with van der Waals surface area (Å²) in [6.45, 7) is 0.597. The molecule has 2 rings (SSSR count). The van der Waals surface area contributed by atoms with Crippen LogP contribution in [0.5, 0.6) is 5.75 Å². The molecule has 1 aliphatic rings. The second-order valence-electron chi connectivity index (χ2n) is 5.04. The maximum Gasteiger partial charge on any atom is 0.257 e. The Morgan fingerprint density at radius 3 is 2.71 bits per heavy atom. The average molecular weight is 291 g/mol. The van der Waals surface area contributed by atoms with Crippen LogP contribution in [0.15, 0.2) is 24.3 Å². The minimum Gasteiger partial charge on any atom is -0.483 e. The Hall–Kier alpha value is -2.08. The highest BCUT2D eigenvalue weighted by atomic mass is 16.5. The molecule has 0 aliphatic heterocycles. The van der Waals surface area contributed by atoms with Gasteiger partial charge >= 0.3 is 0 Å². The third-order valence-electron chi connectivity index (χ3n) is 3.17. The van der Waals surface area contributed by atoms with Gasteiger partial charge in [0.15, 0.2) is 6.61 Å². The zero-order valence-corrected chi connectivity index (χ0v) is 11.9. The molecule has 0 radical (unpaired) electrons. The Morgan fingerprint density at radius 1 is 1.24 bits per heavy atom. The number of para-hydroxylation sites is 1. The van der Waals surface area contributed by atoms with Crippen LogP contribution in [0.1, 0.15) is 24.8 Å². The van der Waals surface area contributed by atoms with Crippen molar-refractivity contribution in [1.82, 2.24) is 10.6 Å². The molecule has 6 heteroatoms. The third kappa shape index (κ3) is 5.43. The van der Waals surface area contributed by atoms with Gasteiger partial charge in [0.1, 0.15) is 5.75 Å². The van der Waals surface area contributed by atoms with E-state index in [9.17, 15) is 9.59 Å². The summed E-state index contributed by atoms with van der Waals surface area (Å²) in [7, 11) is 0. The molecule has 1 fully saturated rings. The summed E-state index contributed by atoms with van der Waals surface area (Å²) in [6.07, 6.45) is 2.42. The molecule has 21 heavy (non-hydrogen) atoms. The van der Waals surface area contributed by atoms with Crippen molar-refractivity contribution in [2.45, 2.75) is 31.8 Å². The monoisotopic (exact) mass is 291 g/mol. The van der Waals surface area contributed by atoms with Gasteiger partial charge in [-0.25, -0.2) is 0 Å². The normalized spacial score (nSPS) is 13.6. The fourth-order valence-electron chi connectivity index (χ4n) is 1.85. The van der Waals surface area contributed by atoms with E-state index in [-0.39, 0.29) is 18.4 Å². The molecule has 0 atom stereocenters. The van der Waals surface area contributed by atoms with Crippen LogP contribution >= 0.6 is 0 Å². The Morgan fingerprint density at radius 2 is 2.00 bits per heavy atom. The van der Waals surface area contributed by atoms with E-state index in [0.29, 0.717) is 31.3 Å². The van der Waals surface area contributed by atoms with E-state index in [2.05, 4.69) is 10.6 Å². The molecule has 0 heterocycles. The van der Waals surface area contributed by atoms with Crippen molar-refractivity contribution in [3.8, 4) is 5.75 Å². The van der Waals surface area contributed by atoms with Gasteiger partial charge in [0, 0.05) is 31.1 Å². The molecule has 1 aromatic carbocycles. The van der Waals surface area contributed by atoms with E-state index in [1.165, 1.54) is 0 Å². The molecule has 1 aliphatic carbocycles. The van der Waals surface area contributed by atoms with E-state index in [0.717, 1.165) is 18.4 Å². The summed E-state index contributed by atoms with van der Waals surface area (Å²) in [5.41, 5.74) is 6.45. The third-order valence-corrected chi connectivity index (χ3v) is 3.17. The fourth-order valence-corrected chi connectivity index (χ4v) is 1.85. The van der Waals surface area contributed by atoms with E-state index >= 15 is 0 Å². The predicted molar refractivity (Wildman–Crippen MR) is 78.6 cm³/mol. The van der Waals surface area contributed by atoms with Crippen molar-refractivity contribution >= 4 is 11.8 Å². The van der Waals surface area contributed by atoms with Gasteiger partial charge in [0.05, 0.1) is 0 Å². The van der Waals surface area contributed by atoms with Crippen LogP contribution in [0.3, 0.4) is 0 Å². The number of benzene rings is 1. The zero-order valence-electron chi connectivity index (χ0n) is 11.9. The lowest BCUT2D eigenvalue weighted by Crippen LogP contribution is -2.34. The van der Waals surface area contributed by atoms with Crippen LogP contribution in [0.2, 0.25) is 0 Å². The topological polar surface area (TPSA) is 93.4 Å². The first-order chi connectivity index (χ1) is 10.2. The Balaban J connectivity index is 1.63. The molecule has 6 nitrogen and oxygen atoms in total. The van der Waals surface area contributed by atoms with Crippen molar-refractivity contribution in [2.24, 2.45) is 5.73 Å². The Bertz CT molecular complexity index is 501. The minimum absolute atomic E-state index is 0.0211. The highest BCUT2D eigenvalue weighted by Gasteiger charge is 2.22. The van der Waals surface area contributed by atoms with Crippen LogP contribution in [0.25, 0.3) is 0 Å². The van der Waals surface area contributed by atoms with Gasteiger partial charge in [0.25, 0.3) is 5.91 Å². The number of ether oxygens (including phenoxy) is 1. The molecule has 4 N–H and O–H groups in total. The van der Waals surface area contributed by atoms with Crippen molar-refractivity contribution in [3.05, 3.63) is 29.8 Å². The molecular weight excluding hydrogens is 270 g/mol. The van der Waals surface area contributed by atoms with Crippen LogP contribution in [0.4, 0.5) is 0 Å². The van der Waals surface area contributed by atoms with E-state index < -0.39 is 0 Å². The highest BCUT2D eigenvalue weighted by molar-refractivity contribution is 5.80. The van der Waals surface area contributed by atoms with Gasteiger partial charge in [-0.15, -0.1) is 0 Å². The quantitative estimate of drug-likeness (QED) is 0.642.